The van der Waals surface area contributed by atoms with Crippen molar-refractivity contribution < 1.29 is 14.3 Å². The van der Waals surface area contributed by atoms with Gasteiger partial charge in [-0.25, -0.2) is 0 Å². The number of hydrogen-bond donors (Lipinski definition) is 2. The Bertz CT molecular complexity index is 406. The second kappa shape index (κ2) is 4.30. The van der Waals surface area contributed by atoms with Gasteiger partial charge in [-0.2, -0.15) is 0 Å². The van der Waals surface area contributed by atoms with Crippen LogP contribution in [0.15, 0.2) is 18.2 Å². The minimum Gasteiger partial charge on any atom is -0.454 e. The van der Waals surface area contributed by atoms with Crippen LogP contribution in [0.25, 0.3) is 0 Å². The van der Waals surface area contributed by atoms with E-state index in [2.05, 4.69) is 10.6 Å². The summed E-state index contributed by atoms with van der Waals surface area (Å²) in [5.41, 5.74) is 0.834. The maximum atomic E-state index is 11.3. The van der Waals surface area contributed by atoms with Crippen LogP contribution >= 0.6 is 0 Å². The van der Waals surface area contributed by atoms with E-state index >= 15 is 0 Å². The van der Waals surface area contributed by atoms with E-state index in [0.29, 0.717) is 5.75 Å². The van der Waals surface area contributed by atoms with Gasteiger partial charge in [-0.1, -0.05) is 0 Å². The first-order valence-electron chi connectivity index (χ1n) is 5.08. The maximum Gasteiger partial charge on any atom is 0.241 e. The van der Waals surface area contributed by atoms with E-state index in [4.69, 9.17) is 9.47 Å². The van der Waals surface area contributed by atoms with Crippen LogP contribution < -0.4 is 20.1 Å². The summed E-state index contributed by atoms with van der Waals surface area (Å²) in [5, 5.41) is 5.65. The molecule has 1 unspecified atom stereocenters. The van der Waals surface area contributed by atoms with E-state index < -0.39 is 0 Å². The number of rotatable bonds is 3. The van der Waals surface area contributed by atoms with Gasteiger partial charge in [0.15, 0.2) is 11.5 Å². The Labute approximate surface area is 93.7 Å². The van der Waals surface area contributed by atoms with Crippen LogP contribution in [0.1, 0.15) is 6.92 Å². The Hall–Kier alpha value is -1.91. The lowest BCUT2D eigenvalue weighted by Gasteiger charge is -2.13. The maximum absolute atomic E-state index is 11.3. The topological polar surface area (TPSA) is 59.6 Å². The molecule has 0 saturated carbocycles. The van der Waals surface area contributed by atoms with Crippen LogP contribution in [0.5, 0.6) is 11.5 Å². The molecule has 0 fully saturated rings. The first-order valence-corrected chi connectivity index (χ1v) is 5.08. The second-order valence-corrected chi connectivity index (χ2v) is 3.55. The zero-order chi connectivity index (χ0) is 11.5. The molecule has 2 N–H and O–H groups in total. The Morgan fingerprint density at radius 3 is 2.88 bits per heavy atom. The molecule has 0 spiro atoms. The monoisotopic (exact) mass is 222 g/mol. The molecule has 0 aromatic heterocycles. The fraction of sp³-hybridized carbons (Fsp3) is 0.364. The number of ether oxygens (including phenoxy) is 2. The van der Waals surface area contributed by atoms with Gasteiger partial charge in [-0.15, -0.1) is 0 Å². The standard InChI is InChI=1S/C11H14N2O3/c1-7(11(14)12-2)13-8-3-4-9-10(5-8)16-6-15-9/h3-5,7,13H,6H2,1-2H3,(H,12,14). The van der Waals surface area contributed by atoms with E-state index in [1.54, 1.807) is 14.0 Å². The lowest BCUT2D eigenvalue weighted by molar-refractivity contribution is -0.121. The summed E-state index contributed by atoms with van der Waals surface area (Å²) in [5.74, 6) is 1.38. The van der Waals surface area contributed by atoms with E-state index in [-0.39, 0.29) is 18.7 Å². The van der Waals surface area contributed by atoms with Crippen molar-refractivity contribution in [2.24, 2.45) is 0 Å². The average Bonchev–Trinajstić information content (AvgIpc) is 2.75. The normalized spacial score (nSPS) is 14.4. The minimum absolute atomic E-state index is 0.0577. The molecule has 1 aromatic rings. The highest BCUT2D eigenvalue weighted by molar-refractivity contribution is 5.84. The Morgan fingerprint density at radius 2 is 2.12 bits per heavy atom. The summed E-state index contributed by atoms with van der Waals surface area (Å²) in [6.45, 7) is 2.05. The zero-order valence-corrected chi connectivity index (χ0v) is 9.24. The van der Waals surface area contributed by atoms with E-state index in [1.165, 1.54) is 0 Å². The molecular weight excluding hydrogens is 208 g/mol. The van der Waals surface area contributed by atoms with Crippen LogP contribution in [0.3, 0.4) is 0 Å². The van der Waals surface area contributed by atoms with Gasteiger partial charge in [0.2, 0.25) is 12.7 Å². The third kappa shape index (κ3) is 2.03. The van der Waals surface area contributed by atoms with Crippen molar-refractivity contribution in [1.29, 1.82) is 0 Å². The van der Waals surface area contributed by atoms with Crippen molar-refractivity contribution in [2.45, 2.75) is 13.0 Å². The van der Waals surface area contributed by atoms with Gasteiger partial charge < -0.3 is 20.1 Å². The van der Waals surface area contributed by atoms with Crippen LogP contribution in [0, 0.1) is 0 Å². The number of carbonyl (C=O) groups is 1. The lowest BCUT2D eigenvalue weighted by atomic mass is 10.2. The highest BCUT2D eigenvalue weighted by atomic mass is 16.7. The summed E-state index contributed by atoms with van der Waals surface area (Å²) in [4.78, 5) is 11.3. The van der Waals surface area contributed by atoms with Crippen molar-refractivity contribution in [3.8, 4) is 11.5 Å². The van der Waals surface area contributed by atoms with Crippen LogP contribution in [0.2, 0.25) is 0 Å². The van der Waals surface area contributed by atoms with Gasteiger partial charge in [0.25, 0.3) is 0 Å². The predicted molar refractivity (Wildman–Crippen MR) is 59.7 cm³/mol. The summed E-state index contributed by atoms with van der Waals surface area (Å²) >= 11 is 0. The smallest absolute Gasteiger partial charge is 0.241 e. The molecule has 2 rings (SSSR count). The molecule has 1 amide bonds. The number of amides is 1. The number of nitrogens with one attached hydrogen (secondary N) is 2. The molecule has 5 nitrogen and oxygen atoms in total. The van der Waals surface area contributed by atoms with Gasteiger partial charge in [-0.05, 0) is 19.1 Å². The van der Waals surface area contributed by atoms with Crippen molar-refractivity contribution in [2.75, 3.05) is 19.2 Å². The summed E-state index contributed by atoms with van der Waals surface area (Å²) < 4.78 is 10.4. The highest BCUT2D eigenvalue weighted by Crippen LogP contribution is 2.34. The fourth-order valence-electron chi connectivity index (χ4n) is 1.52. The van der Waals surface area contributed by atoms with E-state index in [0.717, 1.165) is 11.4 Å². The molecule has 1 aromatic carbocycles. The SMILES string of the molecule is CNC(=O)C(C)Nc1ccc2c(c1)OCO2. The molecule has 5 heteroatoms. The predicted octanol–water partition coefficient (Wildman–Crippen LogP) is 0.962. The summed E-state index contributed by atoms with van der Waals surface area (Å²) in [6, 6.07) is 5.21. The van der Waals surface area contributed by atoms with E-state index in [1.807, 2.05) is 18.2 Å². The molecule has 1 aliphatic heterocycles. The molecule has 1 atom stereocenters. The lowest BCUT2D eigenvalue weighted by Crippen LogP contribution is -2.35. The van der Waals surface area contributed by atoms with Gasteiger partial charge >= 0.3 is 0 Å². The summed E-state index contributed by atoms with van der Waals surface area (Å²) in [7, 11) is 1.61. The first-order chi connectivity index (χ1) is 7.70. The van der Waals surface area contributed by atoms with E-state index in [9.17, 15) is 4.79 Å². The number of hydrogen-bond acceptors (Lipinski definition) is 4. The highest BCUT2D eigenvalue weighted by Gasteiger charge is 2.15. The molecule has 0 bridgehead atoms. The molecule has 0 saturated heterocycles. The van der Waals surface area contributed by atoms with Crippen LogP contribution in [0.4, 0.5) is 5.69 Å². The molecule has 0 radical (unpaired) electrons. The van der Waals surface area contributed by atoms with Crippen LogP contribution in [-0.2, 0) is 4.79 Å². The van der Waals surface area contributed by atoms with Crippen molar-refractivity contribution >= 4 is 11.6 Å². The zero-order valence-electron chi connectivity index (χ0n) is 9.24. The molecule has 0 aliphatic carbocycles. The third-order valence-corrected chi connectivity index (χ3v) is 2.40. The number of benzene rings is 1. The van der Waals surface area contributed by atoms with Crippen LogP contribution in [-0.4, -0.2) is 25.8 Å². The Balaban J connectivity index is 2.08. The second-order valence-electron chi connectivity index (χ2n) is 3.55. The molecule has 86 valence electrons. The molecule has 16 heavy (non-hydrogen) atoms. The number of anilines is 1. The molecular formula is C11H14N2O3. The number of fused-ring (bicyclic) bond motifs is 1. The quantitative estimate of drug-likeness (QED) is 0.799. The molecule has 1 heterocycles. The average molecular weight is 222 g/mol. The van der Waals surface area contributed by atoms with Crippen molar-refractivity contribution in [1.82, 2.24) is 5.32 Å². The number of carbonyl (C=O) groups excluding carboxylic acids is 1. The largest absolute Gasteiger partial charge is 0.454 e. The van der Waals surface area contributed by atoms with Crippen molar-refractivity contribution in [3.05, 3.63) is 18.2 Å². The number of likely N-dealkylation sites (N-methyl/N-ethyl adjacent to an activating group) is 1. The first kappa shape index (κ1) is 10.6. The molecule has 1 aliphatic rings. The third-order valence-electron chi connectivity index (χ3n) is 2.40. The Morgan fingerprint density at radius 1 is 1.38 bits per heavy atom. The van der Waals surface area contributed by atoms with Gasteiger partial charge in [0.1, 0.15) is 6.04 Å². The fourth-order valence-corrected chi connectivity index (χ4v) is 1.52. The van der Waals surface area contributed by atoms with Gasteiger partial charge in [0.05, 0.1) is 0 Å². The van der Waals surface area contributed by atoms with Gasteiger partial charge in [-0.3, -0.25) is 4.79 Å². The minimum atomic E-state index is -0.287. The van der Waals surface area contributed by atoms with Gasteiger partial charge in [0, 0.05) is 18.8 Å². The van der Waals surface area contributed by atoms with Crippen molar-refractivity contribution in [3.63, 3.8) is 0 Å². The Kier molecular flexibility index (Phi) is 2.85. The summed E-state index contributed by atoms with van der Waals surface area (Å²) in [6.07, 6.45) is 0.